The number of hydrogen-bond donors (Lipinski definition) is 1. The van der Waals surface area contributed by atoms with Crippen LogP contribution < -0.4 is 14.2 Å². The van der Waals surface area contributed by atoms with Gasteiger partial charge in [0.05, 0.1) is 27.2 Å². The minimum absolute atomic E-state index is 0.124. The molecule has 2 fully saturated rings. The Hall–Kier alpha value is -2.44. The lowest BCUT2D eigenvalue weighted by Gasteiger charge is -2.28. The number of benzene rings is 1. The van der Waals surface area contributed by atoms with Crippen molar-refractivity contribution in [3.63, 3.8) is 0 Å². The molecule has 2 aliphatic rings. The number of carboxylic acids is 1. The van der Waals surface area contributed by atoms with E-state index >= 15 is 0 Å². The molecule has 0 bridgehead atoms. The van der Waals surface area contributed by atoms with E-state index in [-0.39, 0.29) is 5.91 Å². The van der Waals surface area contributed by atoms with E-state index in [4.69, 9.17) is 14.2 Å². The maximum atomic E-state index is 13.3. The van der Waals surface area contributed by atoms with Gasteiger partial charge in [-0.15, -0.1) is 0 Å². The average molecular weight is 377 g/mol. The summed E-state index contributed by atoms with van der Waals surface area (Å²) < 4.78 is 16.2. The van der Waals surface area contributed by atoms with Gasteiger partial charge in [-0.05, 0) is 42.9 Å². The molecule has 7 nitrogen and oxygen atoms in total. The molecule has 1 aliphatic heterocycles. The normalized spacial score (nSPS) is 20.3. The lowest BCUT2D eigenvalue weighted by Crippen LogP contribution is -2.43. The highest BCUT2D eigenvalue weighted by atomic mass is 16.5. The van der Waals surface area contributed by atoms with Crippen molar-refractivity contribution in [1.82, 2.24) is 4.90 Å². The third-order valence-electron chi connectivity index (χ3n) is 5.47. The van der Waals surface area contributed by atoms with Crippen molar-refractivity contribution < 1.29 is 28.9 Å². The minimum atomic E-state index is -0.934. The van der Waals surface area contributed by atoms with E-state index < -0.39 is 17.9 Å². The van der Waals surface area contributed by atoms with Crippen molar-refractivity contribution in [2.24, 2.45) is 5.92 Å². The van der Waals surface area contributed by atoms with Gasteiger partial charge in [0.1, 0.15) is 6.04 Å². The van der Waals surface area contributed by atoms with Crippen LogP contribution in [-0.2, 0) is 9.59 Å². The fourth-order valence-corrected chi connectivity index (χ4v) is 3.86. The maximum absolute atomic E-state index is 13.3. The topological polar surface area (TPSA) is 85.3 Å². The second-order valence-corrected chi connectivity index (χ2v) is 7.22. The molecule has 0 aromatic heterocycles. The molecule has 1 saturated carbocycles. The Labute approximate surface area is 159 Å². The van der Waals surface area contributed by atoms with Crippen LogP contribution >= 0.6 is 0 Å². The van der Waals surface area contributed by atoms with Gasteiger partial charge in [0, 0.05) is 6.54 Å². The van der Waals surface area contributed by atoms with Gasteiger partial charge in [-0.2, -0.15) is 0 Å². The van der Waals surface area contributed by atoms with Gasteiger partial charge in [-0.25, -0.2) is 4.79 Å². The first-order valence-corrected chi connectivity index (χ1v) is 9.33. The van der Waals surface area contributed by atoms with Crippen LogP contribution in [0.2, 0.25) is 0 Å². The maximum Gasteiger partial charge on any atom is 0.326 e. The predicted octanol–water partition coefficient (Wildman–Crippen LogP) is 2.67. The number of nitrogens with zero attached hydrogens (tertiary/aromatic N) is 1. The molecule has 0 radical (unpaired) electrons. The van der Waals surface area contributed by atoms with Gasteiger partial charge in [0.2, 0.25) is 11.7 Å². The summed E-state index contributed by atoms with van der Waals surface area (Å²) in [5, 5.41) is 9.46. The monoisotopic (exact) mass is 377 g/mol. The number of carbonyl (C=O) groups excluding carboxylic acids is 1. The Morgan fingerprint density at radius 3 is 2.22 bits per heavy atom. The Kier molecular flexibility index (Phi) is 5.77. The summed E-state index contributed by atoms with van der Waals surface area (Å²) in [7, 11) is 4.62. The zero-order valence-corrected chi connectivity index (χ0v) is 16.1. The van der Waals surface area contributed by atoms with Gasteiger partial charge >= 0.3 is 5.97 Å². The number of aliphatic carboxylic acids is 1. The molecule has 7 heteroatoms. The molecule has 1 heterocycles. The number of ether oxygens (including phenoxy) is 3. The molecular weight excluding hydrogens is 350 g/mol. The Morgan fingerprint density at radius 2 is 1.74 bits per heavy atom. The Bertz CT molecular complexity index is 689. The first kappa shape index (κ1) is 19.3. The number of carboxylic acid groups (broad SMARTS) is 1. The summed E-state index contributed by atoms with van der Waals surface area (Å²) in [4.78, 5) is 26.4. The lowest BCUT2D eigenvalue weighted by atomic mass is 9.91. The second-order valence-electron chi connectivity index (χ2n) is 7.22. The summed E-state index contributed by atoms with van der Waals surface area (Å²) >= 11 is 0. The molecule has 148 valence electrons. The Morgan fingerprint density at radius 1 is 1.11 bits per heavy atom. The quantitative estimate of drug-likeness (QED) is 0.750. The molecule has 1 aromatic carbocycles. The number of hydrogen-bond acceptors (Lipinski definition) is 5. The van der Waals surface area contributed by atoms with Crippen molar-refractivity contribution in [1.29, 1.82) is 0 Å². The first-order chi connectivity index (χ1) is 13.0. The van der Waals surface area contributed by atoms with Crippen LogP contribution in [0.25, 0.3) is 0 Å². The zero-order valence-electron chi connectivity index (χ0n) is 16.1. The molecule has 3 rings (SSSR count). The molecule has 1 aliphatic carbocycles. The number of amides is 1. The van der Waals surface area contributed by atoms with Crippen molar-refractivity contribution in [2.45, 2.75) is 44.1 Å². The molecule has 0 spiro atoms. The molecule has 1 amide bonds. The minimum Gasteiger partial charge on any atom is -0.493 e. The van der Waals surface area contributed by atoms with E-state index in [0.717, 1.165) is 18.4 Å². The van der Waals surface area contributed by atoms with E-state index in [2.05, 4.69) is 0 Å². The summed E-state index contributed by atoms with van der Waals surface area (Å²) in [6, 6.07) is 2.87. The van der Waals surface area contributed by atoms with E-state index in [9.17, 15) is 14.7 Å². The van der Waals surface area contributed by atoms with Crippen molar-refractivity contribution in [3.8, 4) is 17.2 Å². The summed E-state index contributed by atoms with van der Waals surface area (Å²) in [6.07, 6.45) is 4.15. The van der Waals surface area contributed by atoms with Crippen molar-refractivity contribution in [3.05, 3.63) is 17.7 Å². The molecule has 1 saturated heterocycles. The van der Waals surface area contributed by atoms with E-state index in [1.807, 2.05) is 0 Å². The molecule has 2 atom stereocenters. The van der Waals surface area contributed by atoms with Crippen LogP contribution in [0, 0.1) is 5.92 Å². The van der Waals surface area contributed by atoms with Gasteiger partial charge in [-0.3, -0.25) is 4.79 Å². The standard InChI is InChI=1S/C20H27NO6/c1-25-16-10-13(11-17(26-2)18(16)27-3)14(9-12-6-7-12)19(22)21-8-4-5-15(21)20(23)24/h10-12,14-15H,4-9H2,1-3H3,(H,23,24)/t14-,15?/m0/s1. The van der Waals surface area contributed by atoms with Crippen molar-refractivity contribution in [2.75, 3.05) is 27.9 Å². The highest BCUT2D eigenvalue weighted by Crippen LogP contribution is 2.45. The highest BCUT2D eigenvalue weighted by Gasteiger charge is 2.40. The fraction of sp³-hybridized carbons (Fsp3) is 0.600. The fourth-order valence-electron chi connectivity index (χ4n) is 3.86. The molecular formula is C20H27NO6. The van der Waals surface area contributed by atoms with E-state index in [0.29, 0.717) is 49.0 Å². The zero-order chi connectivity index (χ0) is 19.6. The van der Waals surface area contributed by atoms with Gasteiger partial charge in [0.15, 0.2) is 11.5 Å². The molecule has 27 heavy (non-hydrogen) atoms. The SMILES string of the molecule is COc1cc([C@H](CC2CC2)C(=O)N2CCCC2C(=O)O)cc(OC)c1OC. The third kappa shape index (κ3) is 3.96. The molecule has 1 unspecified atom stereocenters. The van der Waals surface area contributed by atoms with Crippen LogP contribution in [0.15, 0.2) is 12.1 Å². The van der Waals surface area contributed by atoms with Crippen LogP contribution in [-0.4, -0.2) is 55.8 Å². The smallest absolute Gasteiger partial charge is 0.326 e. The first-order valence-electron chi connectivity index (χ1n) is 9.33. The van der Waals surface area contributed by atoms with Crippen molar-refractivity contribution >= 4 is 11.9 Å². The summed E-state index contributed by atoms with van der Waals surface area (Å²) in [6.45, 7) is 0.487. The number of likely N-dealkylation sites (tertiary alicyclic amines) is 1. The summed E-state index contributed by atoms with van der Waals surface area (Å²) in [5.41, 5.74) is 0.775. The van der Waals surface area contributed by atoms with Crippen LogP contribution in [0.3, 0.4) is 0 Å². The number of methoxy groups -OCH3 is 3. The highest BCUT2D eigenvalue weighted by molar-refractivity contribution is 5.89. The van der Waals surface area contributed by atoms with Crippen LogP contribution in [0.1, 0.15) is 43.6 Å². The second kappa shape index (κ2) is 8.06. The van der Waals surface area contributed by atoms with Gasteiger partial charge < -0.3 is 24.2 Å². The average Bonchev–Trinajstić information content (AvgIpc) is 3.36. The molecule has 1 aromatic rings. The third-order valence-corrected chi connectivity index (χ3v) is 5.47. The van der Waals surface area contributed by atoms with E-state index in [1.165, 1.54) is 12.0 Å². The van der Waals surface area contributed by atoms with Crippen LogP contribution in [0.5, 0.6) is 17.2 Å². The van der Waals surface area contributed by atoms with Crippen LogP contribution in [0.4, 0.5) is 0 Å². The summed E-state index contributed by atoms with van der Waals surface area (Å²) in [5.74, 6) is 0.506. The lowest BCUT2D eigenvalue weighted by molar-refractivity contribution is -0.148. The van der Waals surface area contributed by atoms with Gasteiger partial charge in [0.25, 0.3) is 0 Å². The Balaban J connectivity index is 1.97. The predicted molar refractivity (Wildman–Crippen MR) is 98.6 cm³/mol. The largest absolute Gasteiger partial charge is 0.493 e. The number of rotatable bonds is 8. The molecule has 1 N–H and O–H groups in total. The number of carbonyl (C=O) groups is 2. The van der Waals surface area contributed by atoms with E-state index in [1.54, 1.807) is 26.4 Å². The van der Waals surface area contributed by atoms with Gasteiger partial charge in [-0.1, -0.05) is 12.8 Å².